The van der Waals surface area contributed by atoms with Crippen LogP contribution >= 0.6 is 24.8 Å². The zero-order valence-corrected chi connectivity index (χ0v) is 19.3. The molecule has 4 nitrogen and oxygen atoms in total. The van der Waals surface area contributed by atoms with Gasteiger partial charge in [-0.15, -0.1) is 24.8 Å². The van der Waals surface area contributed by atoms with E-state index >= 15 is 0 Å². The van der Waals surface area contributed by atoms with Crippen molar-refractivity contribution in [2.45, 2.75) is 42.7 Å². The SMILES string of the molecule is Cl.Cl.Oc1ccc2c(c1)[C@]13CCN(CCF)[C@H](C2)[C@]1(O)Cc1cc2ccccc2nc1C3. The van der Waals surface area contributed by atoms with Gasteiger partial charge < -0.3 is 10.2 Å². The van der Waals surface area contributed by atoms with Gasteiger partial charge in [0.15, 0.2) is 0 Å². The lowest BCUT2D eigenvalue weighted by Crippen LogP contribution is -2.74. The molecule has 3 aromatic rings. The molecular formula is C25H27Cl2FN2O2. The molecule has 2 N–H and O–H groups in total. The lowest BCUT2D eigenvalue weighted by Gasteiger charge is -2.63. The second-order valence-corrected chi connectivity index (χ2v) is 9.18. The van der Waals surface area contributed by atoms with Gasteiger partial charge in [0, 0.05) is 41.9 Å². The number of hydrogen-bond donors (Lipinski definition) is 2. The maximum atomic E-state index is 13.3. The van der Waals surface area contributed by atoms with Crippen LogP contribution in [0.5, 0.6) is 5.75 Å². The Morgan fingerprint density at radius 1 is 1.06 bits per heavy atom. The normalized spacial score (nSPS) is 28.0. The van der Waals surface area contributed by atoms with Gasteiger partial charge in [-0.25, -0.2) is 4.39 Å². The summed E-state index contributed by atoms with van der Waals surface area (Å²) in [5.41, 5.74) is 3.75. The molecule has 6 rings (SSSR count). The fourth-order valence-corrected chi connectivity index (χ4v) is 6.47. The maximum Gasteiger partial charge on any atom is 0.115 e. The second-order valence-electron chi connectivity index (χ2n) is 9.18. The van der Waals surface area contributed by atoms with E-state index in [-0.39, 0.29) is 36.6 Å². The average molecular weight is 477 g/mol. The van der Waals surface area contributed by atoms with Crippen LogP contribution in [0.2, 0.25) is 0 Å². The number of pyridine rings is 1. The molecule has 2 bridgehead atoms. The monoisotopic (exact) mass is 476 g/mol. The van der Waals surface area contributed by atoms with Crippen LogP contribution in [0.4, 0.5) is 4.39 Å². The molecule has 170 valence electrons. The Hall–Kier alpha value is -1.92. The number of piperidine rings is 1. The summed E-state index contributed by atoms with van der Waals surface area (Å²) in [6.07, 6.45) is 2.54. The highest BCUT2D eigenvalue weighted by atomic mass is 35.5. The van der Waals surface area contributed by atoms with E-state index in [0.717, 1.165) is 46.3 Å². The molecule has 2 aliphatic carbocycles. The van der Waals surface area contributed by atoms with Crippen LogP contribution < -0.4 is 0 Å². The van der Waals surface area contributed by atoms with Crippen molar-refractivity contribution in [3.8, 4) is 5.75 Å². The molecule has 2 heterocycles. The van der Waals surface area contributed by atoms with E-state index in [2.05, 4.69) is 17.0 Å². The van der Waals surface area contributed by atoms with Gasteiger partial charge in [0.1, 0.15) is 12.4 Å². The van der Waals surface area contributed by atoms with Gasteiger partial charge >= 0.3 is 0 Å². The third kappa shape index (κ3) is 3.06. The summed E-state index contributed by atoms with van der Waals surface area (Å²) in [4.78, 5) is 7.12. The number of phenols is 1. The smallest absolute Gasteiger partial charge is 0.115 e. The number of benzene rings is 2. The van der Waals surface area contributed by atoms with Gasteiger partial charge in [0.2, 0.25) is 0 Å². The molecular weight excluding hydrogens is 450 g/mol. The first-order valence-corrected chi connectivity index (χ1v) is 10.8. The van der Waals surface area contributed by atoms with Crippen molar-refractivity contribution in [1.82, 2.24) is 9.88 Å². The number of aromatic nitrogens is 1. The molecule has 3 atom stereocenters. The topological polar surface area (TPSA) is 56.6 Å². The van der Waals surface area contributed by atoms with E-state index in [1.54, 1.807) is 6.07 Å². The van der Waals surface area contributed by atoms with Crippen LogP contribution in [0.3, 0.4) is 0 Å². The minimum atomic E-state index is -1.02. The van der Waals surface area contributed by atoms with Crippen molar-refractivity contribution in [2.24, 2.45) is 0 Å². The van der Waals surface area contributed by atoms with Crippen LogP contribution in [0.25, 0.3) is 10.9 Å². The average Bonchev–Trinajstić information content (AvgIpc) is 2.73. The van der Waals surface area contributed by atoms with Crippen LogP contribution in [0.1, 0.15) is 28.8 Å². The minimum Gasteiger partial charge on any atom is -0.508 e. The molecule has 7 heteroatoms. The quantitative estimate of drug-likeness (QED) is 0.583. The lowest BCUT2D eigenvalue weighted by molar-refractivity contribution is -0.151. The first-order chi connectivity index (χ1) is 14.5. The first-order valence-electron chi connectivity index (χ1n) is 10.8. The van der Waals surface area contributed by atoms with Gasteiger partial charge in [-0.05, 0) is 60.3 Å². The fourth-order valence-electron chi connectivity index (χ4n) is 6.47. The Morgan fingerprint density at radius 3 is 2.69 bits per heavy atom. The number of hydrogen-bond acceptors (Lipinski definition) is 4. The molecule has 1 saturated heterocycles. The highest BCUT2D eigenvalue weighted by Gasteiger charge is 2.64. The molecule has 2 aromatic carbocycles. The molecule has 1 aliphatic heterocycles. The number of likely N-dealkylation sites (tertiary alicyclic amines) is 1. The van der Waals surface area contributed by atoms with Crippen molar-refractivity contribution < 1.29 is 14.6 Å². The Balaban J connectivity index is 0.00000122. The van der Waals surface area contributed by atoms with Crippen molar-refractivity contribution in [2.75, 3.05) is 19.8 Å². The predicted molar refractivity (Wildman–Crippen MR) is 128 cm³/mol. The summed E-state index contributed by atoms with van der Waals surface area (Å²) < 4.78 is 13.3. The number of aliphatic hydroxyl groups is 1. The van der Waals surface area contributed by atoms with Gasteiger partial charge in [0.05, 0.1) is 11.1 Å². The van der Waals surface area contributed by atoms with E-state index in [0.29, 0.717) is 25.8 Å². The number of rotatable bonds is 2. The van der Waals surface area contributed by atoms with Crippen molar-refractivity contribution >= 4 is 35.7 Å². The third-order valence-electron chi connectivity index (χ3n) is 7.86. The summed E-state index contributed by atoms with van der Waals surface area (Å²) in [6, 6.07) is 15.6. The number of aromatic hydroxyl groups is 1. The Morgan fingerprint density at radius 2 is 1.88 bits per heavy atom. The molecule has 0 saturated carbocycles. The van der Waals surface area contributed by atoms with E-state index in [4.69, 9.17) is 4.98 Å². The highest BCUT2D eigenvalue weighted by molar-refractivity contribution is 5.85. The number of para-hydroxylation sites is 1. The van der Waals surface area contributed by atoms with E-state index in [9.17, 15) is 14.6 Å². The highest BCUT2D eigenvalue weighted by Crippen LogP contribution is 2.57. The van der Waals surface area contributed by atoms with Gasteiger partial charge in [-0.3, -0.25) is 9.88 Å². The standard InChI is InChI=1S/C25H25FN2O2.2ClH/c26-8-10-28-9-7-24-15-22-18(11-17-3-1-2-4-21(17)27-22)14-25(24,30)23(28)12-16-5-6-19(29)13-20(16)24;;/h1-6,11,13,23,29-30H,7-10,12,14-15H2;2*1H/t23-,24-,25-;;/m1../s1. The van der Waals surface area contributed by atoms with Crippen molar-refractivity contribution in [1.29, 1.82) is 0 Å². The van der Waals surface area contributed by atoms with Gasteiger partial charge in [0.25, 0.3) is 0 Å². The summed E-state index contributed by atoms with van der Waals surface area (Å²) in [5, 5.41) is 23.7. The number of fused-ring (bicyclic) bond motifs is 3. The molecule has 0 amide bonds. The third-order valence-corrected chi connectivity index (χ3v) is 7.86. The van der Waals surface area contributed by atoms with Crippen molar-refractivity contribution in [3.05, 3.63) is 70.9 Å². The second kappa shape index (κ2) is 8.14. The molecule has 0 radical (unpaired) electrons. The Labute approximate surface area is 199 Å². The van der Waals surface area contributed by atoms with E-state index in [1.165, 1.54) is 0 Å². The summed E-state index contributed by atoms with van der Waals surface area (Å²) in [7, 11) is 0. The van der Waals surface area contributed by atoms with E-state index in [1.807, 2.05) is 30.3 Å². The molecule has 0 unspecified atom stereocenters. The molecule has 3 aliphatic rings. The number of nitrogens with zero attached hydrogens (tertiary/aromatic N) is 2. The van der Waals surface area contributed by atoms with Crippen molar-refractivity contribution in [3.63, 3.8) is 0 Å². The molecule has 0 spiro atoms. The van der Waals surface area contributed by atoms with Gasteiger partial charge in [-0.2, -0.15) is 0 Å². The number of alkyl halides is 1. The predicted octanol–water partition coefficient (Wildman–Crippen LogP) is 4.15. The van der Waals surface area contributed by atoms with Crippen LogP contribution in [0, 0.1) is 0 Å². The number of halogens is 3. The Kier molecular flexibility index (Phi) is 5.91. The summed E-state index contributed by atoms with van der Waals surface area (Å²) >= 11 is 0. The molecule has 1 aromatic heterocycles. The molecule has 32 heavy (non-hydrogen) atoms. The lowest BCUT2D eigenvalue weighted by atomic mass is 9.49. The zero-order chi connectivity index (χ0) is 20.5. The largest absolute Gasteiger partial charge is 0.508 e. The van der Waals surface area contributed by atoms with E-state index < -0.39 is 17.7 Å². The van der Waals surface area contributed by atoms with Crippen LogP contribution in [-0.2, 0) is 24.7 Å². The first kappa shape index (κ1) is 23.2. The van der Waals surface area contributed by atoms with Crippen LogP contribution in [0.15, 0.2) is 48.5 Å². The van der Waals surface area contributed by atoms with Crippen LogP contribution in [-0.4, -0.2) is 51.5 Å². The maximum absolute atomic E-state index is 13.3. The van der Waals surface area contributed by atoms with Gasteiger partial charge in [-0.1, -0.05) is 24.3 Å². The molecule has 1 fully saturated rings. The minimum absolute atomic E-state index is 0. The Bertz CT molecular complexity index is 1180. The summed E-state index contributed by atoms with van der Waals surface area (Å²) in [5.74, 6) is 0.229. The fraction of sp³-hybridized carbons (Fsp3) is 0.400. The zero-order valence-electron chi connectivity index (χ0n) is 17.6. The number of phenolic OH excluding ortho intramolecular Hbond substituents is 1. The summed E-state index contributed by atoms with van der Waals surface area (Å²) in [6.45, 7) is 0.680.